The second-order valence-corrected chi connectivity index (χ2v) is 24.3. The number of phosphoric ester groups is 1. The van der Waals surface area contributed by atoms with Gasteiger partial charge in [-0.25, -0.2) is 4.57 Å². The number of ether oxygens (including phenoxy) is 6. The van der Waals surface area contributed by atoms with Crippen molar-refractivity contribution in [1.82, 2.24) is 0 Å². The Balaban J connectivity index is 1.69. The molecule has 12 N–H and O–H groups in total. The van der Waals surface area contributed by atoms with Gasteiger partial charge in [0.2, 0.25) is 0 Å². The van der Waals surface area contributed by atoms with E-state index in [2.05, 4.69) is 32.9 Å². The van der Waals surface area contributed by atoms with Gasteiger partial charge < -0.3 is 89.5 Å². The minimum absolute atomic E-state index is 0.0348. The first-order chi connectivity index (χ1) is 39.3. The van der Waals surface area contributed by atoms with Gasteiger partial charge >= 0.3 is 19.8 Å². The average Bonchev–Trinajstić information content (AvgIpc) is 3.54. The predicted molar refractivity (Wildman–Crippen MR) is 300 cm³/mol. The lowest BCUT2D eigenvalue weighted by molar-refractivity contribution is -0.360. The molecule has 2 saturated heterocycles. The topological polar surface area (TPSA) is 368 Å². The summed E-state index contributed by atoms with van der Waals surface area (Å²) in [5.74, 6) is -0.629. The van der Waals surface area contributed by atoms with Crippen LogP contribution in [0.1, 0.15) is 207 Å². The molecule has 0 aromatic rings. The minimum Gasteiger partial charge on any atom is -0.462 e. The van der Waals surface area contributed by atoms with Crippen LogP contribution >= 0.6 is 7.82 Å². The quantitative estimate of drug-likeness (QED) is 0.0166. The van der Waals surface area contributed by atoms with E-state index in [0.29, 0.717) is 18.8 Å². The summed E-state index contributed by atoms with van der Waals surface area (Å²) < 4.78 is 58.2. The molecule has 3 rings (SSSR count). The molecule has 0 bridgehead atoms. The van der Waals surface area contributed by atoms with Crippen LogP contribution in [0.5, 0.6) is 0 Å². The number of allylic oxidation sites excluding steroid dienone is 2. The average molecular weight is 1200 g/mol. The number of esters is 2. The third kappa shape index (κ3) is 27.5. The highest BCUT2D eigenvalue weighted by molar-refractivity contribution is 7.47. The summed E-state index contributed by atoms with van der Waals surface area (Å²) in [5.41, 5.74) is 0. The molecule has 2 aliphatic heterocycles. The molecule has 1 saturated carbocycles. The first-order valence-corrected chi connectivity index (χ1v) is 32.4. The van der Waals surface area contributed by atoms with Crippen molar-refractivity contribution >= 4 is 19.8 Å². The molecule has 3 fully saturated rings. The zero-order valence-corrected chi connectivity index (χ0v) is 50.1. The predicted octanol–water partition coefficient (Wildman–Crippen LogP) is 4.96. The number of carbonyl (C=O) groups is 2. The smallest absolute Gasteiger partial charge is 0.462 e. The Bertz CT molecular complexity index is 1690. The lowest BCUT2D eigenvalue weighted by Gasteiger charge is -2.49. The standard InChI is InChI=1S/C58H107O23P/c1-4-6-8-10-12-13-14-15-16-17-18-19-20-26-30-34-44(62)76-40(37-74-43(61)33-29-25-22-21-24-28-32-39(3)31-27-23-11-9-7-5-2)38-75-82(72,73)81-56-54(79-57-52(70)47(65)45(63)41(35-59)77-57)50(68)49(67)51(69)55(56)80-58-53(71)48(66)46(64)42(36-60)78-58/h13-14,39-42,45-60,63-71H,4-12,15-38H2,1-3H3,(H,72,73). The summed E-state index contributed by atoms with van der Waals surface area (Å²) in [6.07, 6.45) is -1.00. The molecule has 17 atom stereocenters. The fraction of sp³-hybridized carbons (Fsp3) is 0.931. The summed E-state index contributed by atoms with van der Waals surface area (Å²) in [5, 5.41) is 117. The van der Waals surface area contributed by atoms with E-state index in [1.54, 1.807) is 0 Å². The van der Waals surface area contributed by atoms with Crippen molar-refractivity contribution in [2.45, 2.75) is 311 Å². The molecule has 23 nitrogen and oxygen atoms in total. The van der Waals surface area contributed by atoms with Gasteiger partial charge in [0.1, 0.15) is 92.1 Å². The third-order valence-corrected chi connectivity index (χ3v) is 16.7. The van der Waals surface area contributed by atoms with E-state index < -0.39 is 150 Å². The van der Waals surface area contributed by atoms with Gasteiger partial charge in [-0.2, -0.15) is 0 Å². The van der Waals surface area contributed by atoms with E-state index in [9.17, 15) is 75.2 Å². The van der Waals surface area contributed by atoms with Crippen LogP contribution in [0, 0.1) is 5.92 Å². The normalized spacial score (nSPS) is 31.2. The van der Waals surface area contributed by atoms with E-state index in [1.165, 1.54) is 77.0 Å². The van der Waals surface area contributed by atoms with Crippen LogP contribution in [0.4, 0.5) is 0 Å². The molecule has 482 valence electrons. The first-order valence-electron chi connectivity index (χ1n) is 30.9. The van der Waals surface area contributed by atoms with Crippen LogP contribution in [0.15, 0.2) is 12.2 Å². The molecule has 0 aromatic heterocycles. The van der Waals surface area contributed by atoms with Crippen molar-refractivity contribution in [1.29, 1.82) is 0 Å². The Morgan fingerprint density at radius 1 is 0.488 bits per heavy atom. The van der Waals surface area contributed by atoms with Crippen molar-refractivity contribution in [2.24, 2.45) is 5.92 Å². The van der Waals surface area contributed by atoms with Gasteiger partial charge in [-0.15, -0.1) is 0 Å². The van der Waals surface area contributed by atoms with Gasteiger partial charge in [-0.1, -0.05) is 168 Å². The molecule has 1 aliphatic carbocycles. The zero-order valence-electron chi connectivity index (χ0n) is 49.2. The van der Waals surface area contributed by atoms with Crippen molar-refractivity contribution in [3.05, 3.63) is 12.2 Å². The SMILES string of the molecule is CCCCCCC=CCCCCCCCCCC(=O)OC(COC(=O)CCCCCCCCC(C)CCCCCCCC)COP(=O)(O)OC1C(OC2OC(CO)C(O)C(O)C2O)C(O)C(O)C(O)C1OC1OC(CO)C(O)C(O)C1O. The molecule has 2 heterocycles. The van der Waals surface area contributed by atoms with E-state index in [4.69, 9.17) is 37.5 Å². The number of carbonyl (C=O) groups excluding carboxylic acids is 2. The largest absolute Gasteiger partial charge is 0.472 e. The monoisotopic (exact) mass is 1200 g/mol. The van der Waals surface area contributed by atoms with Crippen LogP contribution in [-0.4, -0.2) is 204 Å². The first kappa shape index (κ1) is 74.4. The number of aliphatic hydroxyl groups excluding tert-OH is 11. The molecule has 3 aliphatic rings. The van der Waals surface area contributed by atoms with Gasteiger partial charge in [0.15, 0.2) is 18.7 Å². The molecule has 0 aromatic carbocycles. The fourth-order valence-corrected chi connectivity index (χ4v) is 11.4. The van der Waals surface area contributed by atoms with Gasteiger partial charge in [0.25, 0.3) is 0 Å². The lowest BCUT2D eigenvalue weighted by Crippen LogP contribution is -2.69. The highest BCUT2D eigenvalue weighted by Gasteiger charge is 2.58. The summed E-state index contributed by atoms with van der Waals surface area (Å²) >= 11 is 0. The van der Waals surface area contributed by atoms with Crippen LogP contribution in [-0.2, 0) is 51.6 Å². The van der Waals surface area contributed by atoms with E-state index in [0.717, 1.165) is 83.5 Å². The highest BCUT2D eigenvalue weighted by Crippen LogP contribution is 2.49. The molecule has 82 heavy (non-hydrogen) atoms. The van der Waals surface area contributed by atoms with Crippen LogP contribution in [0.2, 0.25) is 0 Å². The van der Waals surface area contributed by atoms with Crippen molar-refractivity contribution in [3.8, 4) is 0 Å². The molecule has 0 spiro atoms. The van der Waals surface area contributed by atoms with Crippen LogP contribution < -0.4 is 0 Å². The summed E-state index contributed by atoms with van der Waals surface area (Å²) in [6, 6.07) is 0. The number of phosphoric acid groups is 1. The van der Waals surface area contributed by atoms with Crippen molar-refractivity contribution < 1.29 is 113 Å². The number of unbranched alkanes of at least 4 members (excludes halogenated alkanes) is 21. The lowest BCUT2D eigenvalue weighted by atomic mass is 9.84. The van der Waals surface area contributed by atoms with Gasteiger partial charge in [-0.05, 0) is 44.4 Å². The fourth-order valence-electron chi connectivity index (χ4n) is 10.5. The minimum atomic E-state index is -5.64. The maximum Gasteiger partial charge on any atom is 0.472 e. The Morgan fingerprint density at radius 3 is 1.33 bits per heavy atom. The molecular formula is C58H107O23P. The molecule has 0 radical (unpaired) electrons. The Hall–Kier alpha value is -1.81. The van der Waals surface area contributed by atoms with Gasteiger partial charge in [-0.3, -0.25) is 18.6 Å². The van der Waals surface area contributed by atoms with E-state index in [-0.39, 0.29) is 12.8 Å². The van der Waals surface area contributed by atoms with Crippen LogP contribution in [0.3, 0.4) is 0 Å². The zero-order chi connectivity index (χ0) is 60.5. The molecule has 17 unspecified atom stereocenters. The van der Waals surface area contributed by atoms with Crippen molar-refractivity contribution in [2.75, 3.05) is 26.4 Å². The molecular weight excluding hydrogens is 1100 g/mol. The Kier molecular flexibility index (Phi) is 38.3. The van der Waals surface area contributed by atoms with Gasteiger partial charge in [0, 0.05) is 12.8 Å². The summed E-state index contributed by atoms with van der Waals surface area (Å²) in [6.45, 7) is 3.33. The third-order valence-electron chi connectivity index (χ3n) is 15.7. The summed E-state index contributed by atoms with van der Waals surface area (Å²) in [7, 11) is -5.64. The number of aliphatic hydroxyl groups is 11. The Labute approximate surface area is 486 Å². The maximum atomic E-state index is 14.1. The number of rotatable bonds is 45. The molecule has 0 amide bonds. The maximum absolute atomic E-state index is 14.1. The number of hydrogen-bond acceptors (Lipinski definition) is 22. The van der Waals surface area contributed by atoms with Crippen LogP contribution in [0.25, 0.3) is 0 Å². The summed E-state index contributed by atoms with van der Waals surface area (Å²) in [4.78, 5) is 37.6. The van der Waals surface area contributed by atoms with Gasteiger partial charge in [0.05, 0.1) is 19.8 Å². The number of hydrogen-bond donors (Lipinski definition) is 12. The van der Waals surface area contributed by atoms with E-state index >= 15 is 0 Å². The Morgan fingerprint density at radius 2 is 0.878 bits per heavy atom. The van der Waals surface area contributed by atoms with E-state index in [1.807, 2.05) is 0 Å². The highest BCUT2D eigenvalue weighted by atomic mass is 31.2. The molecule has 24 heteroatoms. The van der Waals surface area contributed by atoms with Crippen molar-refractivity contribution in [3.63, 3.8) is 0 Å². The second kappa shape index (κ2) is 42.1. The second-order valence-electron chi connectivity index (χ2n) is 22.9.